The summed E-state index contributed by atoms with van der Waals surface area (Å²) in [6.45, 7) is 4.49. The minimum absolute atomic E-state index is 0.318. The Hall–Kier alpha value is -0.530. The number of hydrogen-bond acceptors (Lipinski definition) is 2. The summed E-state index contributed by atoms with van der Waals surface area (Å²) in [6, 6.07) is 0. The molecule has 0 spiro atoms. The van der Waals surface area contributed by atoms with E-state index in [1.807, 2.05) is 0 Å². The Kier molecular flexibility index (Phi) is 2.31. The fourth-order valence-electron chi connectivity index (χ4n) is 2.04. The first-order chi connectivity index (χ1) is 6.18. The summed E-state index contributed by atoms with van der Waals surface area (Å²) in [5, 5.41) is 4.28. The standard InChI is InChI=1S/C11H19NO/c1-11(2)8-7-10(11)12-13-9-5-3-4-6-9/h9H,3-8H2,1-2H3/b12-10+. The van der Waals surface area contributed by atoms with E-state index in [9.17, 15) is 0 Å². The number of nitrogens with zero attached hydrogens (tertiary/aromatic N) is 1. The average molecular weight is 181 g/mol. The molecule has 0 amide bonds. The van der Waals surface area contributed by atoms with Crippen LogP contribution in [-0.4, -0.2) is 11.8 Å². The Morgan fingerprint density at radius 3 is 2.46 bits per heavy atom. The quantitative estimate of drug-likeness (QED) is 0.600. The molecule has 2 aliphatic rings. The maximum absolute atomic E-state index is 5.53. The zero-order chi connectivity index (χ0) is 9.31. The zero-order valence-electron chi connectivity index (χ0n) is 8.68. The Balaban J connectivity index is 1.83. The van der Waals surface area contributed by atoms with Crippen molar-refractivity contribution in [3.8, 4) is 0 Å². The normalized spacial score (nSPS) is 30.5. The monoisotopic (exact) mass is 181 g/mol. The van der Waals surface area contributed by atoms with Gasteiger partial charge in [0.2, 0.25) is 0 Å². The van der Waals surface area contributed by atoms with Gasteiger partial charge in [0.15, 0.2) is 0 Å². The van der Waals surface area contributed by atoms with Crippen molar-refractivity contribution in [1.82, 2.24) is 0 Å². The fraction of sp³-hybridized carbons (Fsp3) is 0.909. The fourth-order valence-corrected chi connectivity index (χ4v) is 2.04. The highest BCUT2D eigenvalue weighted by atomic mass is 16.6. The van der Waals surface area contributed by atoms with E-state index in [0.29, 0.717) is 11.5 Å². The molecule has 0 radical (unpaired) electrons. The summed E-state index contributed by atoms with van der Waals surface area (Å²) in [4.78, 5) is 5.53. The van der Waals surface area contributed by atoms with E-state index in [0.717, 1.165) is 6.42 Å². The Bertz CT molecular complexity index is 214. The minimum Gasteiger partial charge on any atom is -0.393 e. The second kappa shape index (κ2) is 3.32. The van der Waals surface area contributed by atoms with Crippen molar-refractivity contribution in [3.05, 3.63) is 0 Å². The molecule has 0 aliphatic heterocycles. The maximum Gasteiger partial charge on any atom is 0.127 e. The third-order valence-corrected chi connectivity index (χ3v) is 3.38. The van der Waals surface area contributed by atoms with Crippen molar-refractivity contribution in [1.29, 1.82) is 0 Å². The predicted octanol–water partition coefficient (Wildman–Crippen LogP) is 3.12. The van der Waals surface area contributed by atoms with Crippen LogP contribution in [0.15, 0.2) is 5.16 Å². The average Bonchev–Trinajstić information content (AvgIpc) is 2.55. The summed E-state index contributed by atoms with van der Waals surface area (Å²) in [5.74, 6) is 0. The molecule has 0 bridgehead atoms. The highest BCUT2D eigenvalue weighted by Gasteiger charge is 2.35. The van der Waals surface area contributed by atoms with E-state index >= 15 is 0 Å². The molecule has 0 aromatic carbocycles. The molecule has 0 unspecified atom stereocenters. The third kappa shape index (κ3) is 1.87. The lowest BCUT2D eigenvalue weighted by Gasteiger charge is -2.35. The van der Waals surface area contributed by atoms with E-state index in [1.54, 1.807) is 0 Å². The number of rotatable bonds is 2. The van der Waals surface area contributed by atoms with Crippen molar-refractivity contribution in [2.24, 2.45) is 10.6 Å². The smallest absolute Gasteiger partial charge is 0.127 e. The second-order valence-corrected chi connectivity index (χ2v) is 4.93. The van der Waals surface area contributed by atoms with E-state index in [1.165, 1.54) is 37.8 Å². The van der Waals surface area contributed by atoms with Gasteiger partial charge >= 0.3 is 0 Å². The first-order valence-corrected chi connectivity index (χ1v) is 5.42. The van der Waals surface area contributed by atoms with Crippen LogP contribution in [0.25, 0.3) is 0 Å². The zero-order valence-corrected chi connectivity index (χ0v) is 8.68. The van der Waals surface area contributed by atoms with Crippen LogP contribution in [0, 0.1) is 5.41 Å². The van der Waals surface area contributed by atoms with Gasteiger partial charge in [0.25, 0.3) is 0 Å². The topological polar surface area (TPSA) is 21.6 Å². The molecule has 2 saturated carbocycles. The Labute approximate surface area is 80.3 Å². The molecule has 0 heterocycles. The summed E-state index contributed by atoms with van der Waals surface area (Å²) < 4.78 is 0. The molecule has 2 fully saturated rings. The lowest BCUT2D eigenvalue weighted by molar-refractivity contribution is 0.0595. The van der Waals surface area contributed by atoms with Crippen molar-refractivity contribution in [3.63, 3.8) is 0 Å². The molecule has 0 N–H and O–H groups in total. The lowest BCUT2D eigenvalue weighted by atomic mass is 9.70. The van der Waals surface area contributed by atoms with Crippen LogP contribution in [0.5, 0.6) is 0 Å². The van der Waals surface area contributed by atoms with Gasteiger partial charge < -0.3 is 4.84 Å². The van der Waals surface area contributed by atoms with E-state index < -0.39 is 0 Å². The van der Waals surface area contributed by atoms with Crippen LogP contribution < -0.4 is 0 Å². The second-order valence-electron chi connectivity index (χ2n) is 4.93. The molecule has 0 saturated heterocycles. The molecule has 2 rings (SSSR count). The van der Waals surface area contributed by atoms with Crippen LogP contribution in [0.3, 0.4) is 0 Å². The van der Waals surface area contributed by atoms with Gasteiger partial charge in [-0.25, -0.2) is 0 Å². The van der Waals surface area contributed by atoms with Crippen molar-refractivity contribution >= 4 is 5.71 Å². The predicted molar refractivity (Wildman–Crippen MR) is 53.8 cm³/mol. The maximum atomic E-state index is 5.53. The van der Waals surface area contributed by atoms with Gasteiger partial charge in [0.1, 0.15) is 6.10 Å². The van der Waals surface area contributed by atoms with Gasteiger partial charge in [0, 0.05) is 5.41 Å². The van der Waals surface area contributed by atoms with Crippen LogP contribution in [0.2, 0.25) is 0 Å². The SMILES string of the molecule is CC1(C)CC/C1=N\OC1CCCC1. The van der Waals surface area contributed by atoms with Gasteiger partial charge in [-0.15, -0.1) is 0 Å². The van der Waals surface area contributed by atoms with Crippen molar-refractivity contribution < 1.29 is 4.84 Å². The van der Waals surface area contributed by atoms with Gasteiger partial charge in [0.05, 0.1) is 5.71 Å². The summed E-state index contributed by atoms with van der Waals surface area (Å²) >= 11 is 0. The lowest BCUT2D eigenvalue weighted by Crippen LogP contribution is -2.35. The molecule has 0 aromatic heterocycles. The summed E-state index contributed by atoms with van der Waals surface area (Å²) in [5.41, 5.74) is 1.58. The molecule has 0 atom stereocenters. The highest BCUT2D eigenvalue weighted by molar-refractivity contribution is 5.94. The first-order valence-electron chi connectivity index (χ1n) is 5.42. The van der Waals surface area contributed by atoms with Gasteiger partial charge in [-0.05, 0) is 38.5 Å². The van der Waals surface area contributed by atoms with E-state index in [-0.39, 0.29) is 0 Å². The third-order valence-electron chi connectivity index (χ3n) is 3.38. The molecule has 2 nitrogen and oxygen atoms in total. The molecule has 2 aliphatic carbocycles. The van der Waals surface area contributed by atoms with Crippen LogP contribution in [0.4, 0.5) is 0 Å². The number of oxime groups is 1. The largest absolute Gasteiger partial charge is 0.393 e. The highest BCUT2D eigenvalue weighted by Crippen LogP contribution is 2.37. The first kappa shape index (κ1) is 9.04. The minimum atomic E-state index is 0.318. The van der Waals surface area contributed by atoms with Crippen LogP contribution >= 0.6 is 0 Å². The van der Waals surface area contributed by atoms with E-state index in [4.69, 9.17) is 4.84 Å². The Morgan fingerprint density at radius 2 is 2.00 bits per heavy atom. The molecular formula is C11H19NO. The summed E-state index contributed by atoms with van der Waals surface area (Å²) in [7, 11) is 0. The van der Waals surface area contributed by atoms with Crippen LogP contribution in [0.1, 0.15) is 52.4 Å². The number of hydrogen-bond donors (Lipinski definition) is 0. The molecule has 0 aromatic rings. The van der Waals surface area contributed by atoms with Crippen molar-refractivity contribution in [2.75, 3.05) is 0 Å². The summed E-state index contributed by atoms with van der Waals surface area (Å²) in [6.07, 6.45) is 7.87. The van der Waals surface area contributed by atoms with Gasteiger partial charge in [-0.2, -0.15) is 0 Å². The molecular weight excluding hydrogens is 162 g/mol. The van der Waals surface area contributed by atoms with E-state index in [2.05, 4.69) is 19.0 Å². The van der Waals surface area contributed by atoms with Gasteiger partial charge in [-0.1, -0.05) is 19.0 Å². The molecule has 2 heteroatoms. The molecule has 74 valence electrons. The van der Waals surface area contributed by atoms with Crippen molar-refractivity contribution in [2.45, 2.75) is 58.5 Å². The Morgan fingerprint density at radius 1 is 1.31 bits per heavy atom. The van der Waals surface area contributed by atoms with Gasteiger partial charge in [-0.3, -0.25) is 0 Å². The molecule has 13 heavy (non-hydrogen) atoms. The van der Waals surface area contributed by atoms with Crippen LogP contribution in [-0.2, 0) is 4.84 Å².